The van der Waals surface area contributed by atoms with Crippen molar-refractivity contribution in [3.05, 3.63) is 73.8 Å². The smallest absolute Gasteiger partial charge is 0.190 e. The highest BCUT2D eigenvalue weighted by atomic mass is 35.5. The first-order chi connectivity index (χ1) is 36.0. The minimum Gasteiger partial charge on any atom is -0.394 e. The second kappa shape index (κ2) is 27.0. The van der Waals surface area contributed by atoms with Gasteiger partial charge in [0.25, 0.3) is 0 Å². The molecule has 3 aliphatic rings. The zero-order valence-corrected chi connectivity index (χ0v) is 48.7. The number of rotatable bonds is 18. The molecule has 0 amide bonds. The van der Waals surface area contributed by atoms with Gasteiger partial charge in [-0.2, -0.15) is 0 Å². The zero-order valence-electron chi connectivity index (χ0n) is 43.9. The summed E-state index contributed by atoms with van der Waals surface area (Å²) in [6.45, 7) is 16.6. The zero-order chi connectivity index (χ0) is 54.2. The van der Waals surface area contributed by atoms with Gasteiger partial charge in [-0.3, -0.25) is 0 Å². The monoisotopic (exact) mass is 1150 g/mol. The maximum Gasteiger partial charge on any atom is 0.190 e. The molecular formula is C51H69Cl3N12O6S3. The summed E-state index contributed by atoms with van der Waals surface area (Å²) in [4.78, 5) is 29.7. The van der Waals surface area contributed by atoms with Crippen LogP contribution in [-0.4, -0.2) is 121 Å². The number of hydrogen-bond acceptors (Lipinski definition) is 16. The van der Waals surface area contributed by atoms with Crippen LogP contribution < -0.4 is 0 Å². The lowest BCUT2D eigenvalue weighted by Crippen LogP contribution is -2.15. The minimum atomic E-state index is -0.845. The minimum absolute atomic E-state index is 0.000579. The third-order valence-electron chi connectivity index (χ3n) is 14.2. The summed E-state index contributed by atoms with van der Waals surface area (Å²) in [5.74, 6) is 1.47. The average molecular weight is 1150 g/mol. The first-order valence-corrected chi connectivity index (χ1v) is 30.2. The number of allylic oxidation sites excluding steroid dienone is 1. The molecule has 3 N–H and O–H groups in total. The highest BCUT2D eigenvalue weighted by Gasteiger charge is 2.36. The molecule has 9 rings (SSSR count). The lowest BCUT2D eigenvalue weighted by atomic mass is 10.0. The van der Waals surface area contributed by atoms with Gasteiger partial charge in [0.05, 0.1) is 59.8 Å². The van der Waals surface area contributed by atoms with Gasteiger partial charge in [0, 0.05) is 36.3 Å². The standard InChI is InChI=1S/C17H23ClN6O2S.C17H24ClN3O3S.C17H22ClN3OS/c1-4-12-9(2)5-13(26-12)24-8-10(6-11(25)7-20-23-19)14-15(18)21-17(27-3)22-16(14)24;1-4-12-9(2)5-13(24-12)21-7-10(6-11(23)8-22)14-15(18)19-17(25-3)20-16(14)21;1-5-7-11-9-21(13-8-10(3)12(6-2)22-13)16-14(11)15(18)19-17(20-16)23-4/h8-9,11-13,25H,4-7H2,1-3H3;7,9,11-13,22-23H,4-6,8H2,1-3H3;5,9-10,12-13H,1,6-8H2,2-4H3. The van der Waals surface area contributed by atoms with Crippen LogP contribution in [0.1, 0.15) is 115 Å². The molecule has 3 saturated heterocycles. The number of hydrogen-bond donors (Lipinski definition) is 3. The Balaban J connectivity index is 0.000000165. The number of azide groups is 1. The van der Waals surface area contributed by atoms with E-state index in [1.54, 1.807) is 0 Å². The van der Waals surface area contributed by atoms with Crippen LogP contribution in [0.4, 0.5) is 0 Å². The molecule has 3 fully saturated rings. The summed E-state index contributed by atoms with van der Waals surface area (Å²) in [5, 5.41) is 38.2. The predicted molar refractivity (Wildman–Crippen MR) is 301 cm³/mol. The molecule has 0 radical (unpaired) electrons. The number of thioether (sulfide) groups is 3. The molecule has 6 aromatic heterocycles. The Hall–Kier alpha value is -3.41. The number of fused-ring (bicyclic) bond motifs is 3. The van der Waals surface area contributed by atoms with Crippen LogP contribution in [0.2, 0.25) is 15.5 Å². The van der Waals surface area contributed by atoms with Crippen LogP contribution >= 0.6 is 70.1 Å². The van der Waals surface area contributed by atoms with Crippen LogP contribution in [0.15, 0.2) is 51.8 Å². The van der Waals surface area contributed by atoms with Crippen LogP contribution in [0.5, 0.6) is 0 Å². The largest absolute Gasteiger partial charge is 0.394 e. The Morgan fingerprint density at radius 3 is 1.31 bits per heavy atom. The molecule has 11 atom stereocenters. The van der Waals surface area contributed by atoms with Crippen molar-refractivity contribution in [2.75, 3.05) is 31.9 Å². The SMILES string of the molecule is C=CCc1cn(C2CC(C)C(CC)O2)c2nc(SC)nc(Cl)c12.CCC1OC(n2cc(CC(O)CN=[N+]=[N-])c3c(Cl)nc(SC)nc32)CC1C.CCC1OC(n2cc(CC(O)CO)c3c(Cl)nc(SC)nc32)CC1C. The van der Waals surface area contributed by atoms with Gasteiger partial charge in [0.1, 0.15) is 51.1 Å². The Morgan fingerprint density at radius 1 is 0.653 bits per heavy atom. The Kier molecular flexibility index (Phi) is 21.3. The molecule has 0 saturated carbocycles. The van der Waals surface area contributed by atoms with Crippen molar-refractivity contribution in [2.45, 2.75) is 164 Å². The van der Waals surface area contributed by atoms with E-state index in [-0.39, 0.29) is 44.0 Å². The molecule has 0 spiro atoms. The second-order valence-electron chi connectivity index (χ2n) is 19.3. The van der Waals surface area contributed by atoms with Crippen LogP contribution in [0.3, 0.4) is 0 Å². The summed E-state index contributed by atoms with van der Waals surface area (Å²) in [7, 11) is 0. The number of halogens is 3. The lowest BCUT2D eigenvalue weighted by Gasteiger charge is -2.15. The Morgan fingerprint density at radius 2 is 1.00 bits per heavy atom. The molecule has 0 bridgehead atoms. The van der Waals surface area contributed by atoms with Crippen molar-refractivity contribution in [1.29, 1.82) is 0 Å². The van der Waals surface area contributed by atoms with Crippen molar-refractivity contribution in [1.82, 2.24) is 43.6 Å². The van der Waals surface area contributed by atoms with E-state index in [1.807, 2.05) is 46.4 Å². The highest BCUT2D eigenvalue weighted by Crippen LogP contribution is 2.42. The molecule has 18 nitrogen and oxygen atoms in total. The third-order valence-corrected chi connectivity index (χ3v) is 16.7. The molecule has 0 aliphatic carbocycles. The lowest BCUT2D eigenvalue weighted by molar-refractivity contribution is -0.00304. The van der Waals surface area contributed by atoms with Gasteiger partial charge in [-0.15, -0.1) is 6.58 Å². The van der Waals surface area contributed by atoms with Crippen LogP contribution in [-0.2, 0) is 33.5 Å². The fraction of sp³-hybridized carbons (Fsp3) is 0.608. The van der Waals surface area contributed by atoms with E-state index in [0.717, 1.165) is 83.7 Å². The molecule has 24 heteroatoms. The van der Waals surface area contributed by atoms with Gasteiger partial charge in [-0.25, -0.2) is 29.9 Å². The Bertz CT molecular complexity index is 2970. The number of aromatic nitrogens is 9. The van der Waals surface area contributed by atoms with Crippen molar-refractivity contribution in [3.8, 4) is 0 Å². The van der Waals surface area contributed by atoms with Gasteiger partial charge in [-0.05, 0) is 104 Å². The van der Waals surface area contributed by atoms with Crippen molar-refractivity contribution < 1.29 is 29.5 Å². The maximum atomic E-state index is 10.2. The van der Waals surface area contributed by atoms with Gasteiger partial charge < -0.3 is 43.2 Å². The molecule has 3 aliphatic heterocycles. The number of aliphatic hydroxyl groups is 3. The van der Waals surface area contributed by atoms with E-state index in [2.05, 4.69) is 93.8 Å². The summed E-state index contributed by atoms with van der Waals surface area (Å²) in [6.07, 6.45) is 19.6. The van der Waals surface area contributed by atoms with E-state index in [9.17, 15) is 15.3 Å². The maximum absolute atomic E-state index is 10.2. The summed E-state index contributed by atoms with van der Waals surface area (Å²) >= 11 is 23.7. The molecular weight excluding hydrogens is 1080 g/mol. The molecule has 9 heterocycles. The van der Waals surface area contributed by atoms with E-state index in [1.165, 1.54) is 35.3 Å². The first kappa shape index (κ1) is 59.3. The van der Waals surface area contributed by atoms with E-state index < -0.39 is 12.2 Å². The van der Waals surface area contributed by atoms with Gasteiger partial charge in [0.15, 0.2) is 15.5 Å². The summed E-state index contributed by atoms with van der Waals surface area (Å²) in [6, 6.07) is 0. The predicted octanol–water partition coefficient (Wildman–Crippen LogP) is 12.3. The molecule has 75 heavy (non-hydrogen) atoms. The number of nitrogens with zero attached hydrogens (tertiary/aromatic N) is 12. The summed E-state index contributed by atoms with van der Waals surface area (Å²) in [5.41, 5.74) is 13.5. The van der Waals surface area contributed by atoms with Gasteiger partial charge in [0.2, 0.25) is 0 Å². The summed E-state index contributed by atoms with van der Waals surface area (Å²) < 4.78 is 24.8. The van der Waals surface area contributed by atoms with E-state index >= 15 is 0 Å². The second-order valence-corrected chi connectivity index (χ2v) is 22.7. The van der Waals surface area contributed by atoms with Gasteiger partial charge in [-0.1, -0.05) is 123 Å². The average Bonchev–Trinajstić information content (AvgIpc) is 4.28. The molecule has 408 valence electrons. The quantitative estimate of drug-likeness (QED) is 0.0138. The van der Waals surface area contributed by atoms with Crippen molar-refractivity contribution in [3.63, 3.8) is 0 Å². The van der Waals surface area contributed by atoms with Crippen molar-refractivity contribution >= 4 is 103 Å². The number of aliphatic hydroxyl groups excluding tert-OH is 3. The van der Waals surface area contributed by atoms with Crippen LogP contribution in [0.25, 0.3) is 43.5 Å². The first-order valence-electron chi connectivity index (χ1n) is 25.4. The van der Waals surface area contributed by atoms with E-state index in [0.29, 0.717) is 78.7 Å². The Labute approximate surface area is 466 Å². The molecule has 0 aromatic carbocycles. The third kappa shape index (κ3) is 13.4. The number of ether oxygens (including phenoxy) is 3. The van der Waals surface area contributed by atoms with Crippen LogP contribution in [0, 0.1) is 17.8 Å². The fourth-order valence-electron chi connectivity index (χ4n) is 10.4. The van der Waals surface area contributed by atoms with Gasteiger partial charge >= 0.3 is 0 Å². The topological polar surface area (TPSA) is 229 Å². The molecule has 11 unspecified atom stereocenters. The fourth-order valence-corrected chi connectivity index (χ4v) is 12.5. The normalized spacial score (nSPS) is 24.3. The van der Waals surface area contributed by atoms with Crippen molar-refractivity contribution in [2.24, 2.45) is 22.9 Å². The highest BCUT2D eigenvalue weighted by molar-refractivity contribution is 7.98. The van der Waals surface area contributed by atoms with E-state index in [4.69, 9.17) is 59.5 Å². The molecule has 6 aromatic rings.